The van der Waals surface area contributed by atoms with E-state index >= 15 is 0 Å². The SMILES string of the molecule is CCC1(O)CCC(CC(C)CC(C)CO)CC1. The maximum atomic E-state index is 10.2. The van der Waals surface area contributed by atoms with Crippen LogP contribution in [0, 0.1) is 17.8 Å². The highest BCUT2D eigenvalue weighted by molar-refractivity contribution is 4.84. The summed E-state index contributed by atoms with van der Waals surface area (Å²) in [6, 6.07) is 0. The monoisotopic (exact) mass is 242 g/mol. The lowest BCUT2D eigenvalue weighted by Crippen LogP contribution is -2.33. The van der Waals surface area contributed by atoms with Crippen molar-refractivity contribution >= 4 is 0 Å². The van der Waals surface area contributed by atoms with Gasteiger partial charge in [-0.1, -0.05) is 20.8 Å². The summed E-state index contributed by atoms with van der Waals surface area (Å²) in [5.41, 5.74) is -0.363. The number of aliphatic hydroxyl groups is 2. The van der Waals surface area contributed by atoms with Gasteiger partial charge in [0, 0.05) is 6.61 Å². The minimum Gasteiger partial charge on any atom is -0.396 e. The highest BCUT2D eigenvalue weighted by atomic mass is 16.3. The Morgan fingerprint density at radius 3 is 2.24 bits per heavy atom. The van der Waals surface area contributed by atoms with E-state index in [9.17, 15) is 5.11 Å². The van der Waals surface area contributed by atoms with Gasteiger partial charge in [0.2, 0.25) is 0 Å². The predicted octanol–water partition coefficient (Wildman–Crippen LogP) is 3.36. The Kier molecular flexibility index (Phi) is 5.94. The fraction of sp³-hybridized carbons (Fsp3) is 1.00. The van der Waals surface area contributed by atoms with Crippen molar-refractivity contribution in [3.8, 4) is 0 Å². The van der Waals surface area contributed by atoms with Crippen LogP contribution in [0.3, 0.4) is 0 Å². The summed E-state index contributed by atoms with van der Waals surface area (Å²) in [5.74, 6) is 1.93. The largest absolute Gasteiger partial charge is 0.396 e. The number of hydrogen-bond donors (Lipinski definition) is 2. The first kappa shape index (κ1) is 15.0. The summed E-state index contributed by atoms with van der Waals surface area (Å²) in [4.78, 5) is 0. The van der Waals surface area contributed by atoms with Crippen LogP contribution in [0.5, 0.6) is 0 Å². The maximum Gasteiger partial charge on any atom is 0.0645 e. The molecule has 1 aliphatic rings. The van der Waals surface area contributed by atoms with Gasteiger partial charge in [0.15, 0.2) is 0 Å². The molecule has 1 fully saturated rings. The summed E-state index contributed by atoms with van der Waals surface area (Å²) in [6.45, 7) is 6.82. The Balaban J connectivity index is 2.26. The molecule has 0 aromatic heterocycles. The Labute approximate surface area is 106 Å². The van der Waals surface area contributed by atoms with E-state index in [-0.39, 0.29) is 5.60 Å². The molecule has 2 atom stereocenters. The molecule has 0 aliphatic heterocycles. The van der Waals surface area contributed by atoms with Crippen LogP contribution < -0.4 is 0 Å². The molecule has 1 aliphatic carbocycles. The van der Waals surface area contributed by atoms with Gasteiger partial charge in [0.05, 0.1) is 5.60 Å². The third-order valence-electron chi connectivity index (χ3n) is 4.55. The molecule has 2 N–H and O–H groups in total. The van der Waals surface area contributed by atoms with E-state index in [1.54, 1.807) is 0 Å². The molecule has 102 valence electrons. The van der Waals surface area contributed by atoms with Crippen molar-refractivity contribution in [1.29, 1.82) is 0 Å². The zero-order chi connectivity index (χ0) is 12.9. The van der Waals surface area contributed by atoms with Crippen LogP contribution in [0.2, 0.25) is 0 Å². The second kappa shape index (κ2) is 6.75. The minimum atomic E-state index is -0.363. The molecular weight excluding hydrogens is 212 g/mol. The van der Waals surface area contributed by atoms with Crippen LogP contribution >= 0.6 is 0 Å². The Bertz CT molecular complexity index is 207. The topological polar surface area (TPSA) is 40.5 Å². The Hall–Kier alpha value is -0.0800. The van der Waals surface area contributed by atoms with Gasteiger partial charge in [-0.25, -0.2) is 0 Å². The smallest absolute Gasteiger partial charge is 0.0645 e. The summed E-state index contributed by atoms with van der Waals surface area (Å²) < 4.78 is 0. The van der Waals surface area contributed by atoms with E-state index in [0.717, 1.165) is 31.6 Å². The average molecular weight is 242 g/mol. The van der Waals surface area contributed by atoms with Crippen LogP contribution in [-0.2, 0) is 0 Å². The fourth-order valence-corrected chi connectivity index (χ4v) is 3.23. The molecule has 1 rings (SSSR count). The number of rotatable bonds is 6. The summed E-state index contributed by atoms with van der Waals surface area (Å²) in [7, 11) is 0. The van der Waals surface area contributed by atoms with Gasteiger partial charge in [-0.2, -0.15) is 0 Å². The lowest BCUT2D eigenvalue weighted by molar-refractivity contribution is -0.0154. The van der Waals surface area contributed by atoms with Crippen LogP contribution in [0.1, 0.15) is 65.7 Å². The molecule has 0 spiro atoms. The van der Waals surface area contributed by atoms with Gasteiger partial charge in [-0.15, -0.1) is 0 Å². The lowest BCUT2D eigenvalue weighted by Gasteiger charge is -2.36. The third-order valence-corrected chi connectivity index (χ3v) is 4.55. The Morgan fingerprint density at radius 1 is 1.18 bits per heavy atom. The van der Waals surface area contributed by atoms with Gasteiger partial charge < -0.3 is 10.2 Å². The standard InChI is InChI=1S/C15H30O2/c1-4-15(17)7-5-14(6-8-15)10-12(2)9-13(3)11-16/h12-14,16-17H,4-11H2,1-3H3. The van der Waals surface area contributed by atoms with Crippen molar-refractivity contribution in [3.63, 3.8) is 0 Å². The molecule has 1 saturated carbocycles. The number of aliphatic hydroxyl groups excluding tert-OH is 1. The second-order valence-corrected chi connectivity index (χ2v) is 6.39. The first-order valence-corrected chi connectivity index (χ1v) is 7.32. The van der Waals surface area contributed by atoms with E-state index in [1.807, 2.05) is 0 Å². The first-order valence-electron chi connectivity index (χ1n) is 7.32. The van der Waals surface area contributed by atoms with Crippen molar-refractivity contribution in [3.05, 3.63) is 0 Å². The summed E-state index contributed by atoms with van der Waals surface area (Å²) in [6.07, 6.45) is 7.63. The second-order valence-electron chi connectivity index (χ2n) is 6.39. The minimum absolute atomic E-state index is 0.310. The molecule has 0 aromatic carbocycles. The predicted molar refractivity (Wildman–Crippen MR) is 71.8 cm³/mol. The van der Waals surface area contributed by atoms with Gasteiger partial charge in [-0.05, 0) is 62.7 Å². The fourth-order valence-electron chi connectivity index (χ4n) is 3.23. The molecule has 0 radical (unpaired) electrons. The first-order chi connectivity index (χ1) is 7.99. The maximum absolute atomic E-state index is 10.2. The summed E-state index contributed by atoms with van der Waals surface area (Å²) in [5, 5.41) is 19.2. The highest BCUT2D eigenvalue weighted by Gasteiger charge is 2.31. The van der Waals surface area contributed by atoms with Gasteiger partial charge in [0.1, 0.15) is 0 Å². The van der Waals surface area contributed by atoms with Crippen molar-refractivity contribution in [2.45, 2.75) is 71.3 Å². The molecule has 0 amide bonds. The summed E-state index contributed by atoms with van der Waals surface area (Å²) >= 11 is 0. The normalized spacial score (nSPS) is 33.4. The molecule has 17 heavy (non-hydrogen) atoms. The lowest BCUT2D eigenvalue weighted by atomic mass is 9.74. The molecule has 0 aromatic rings. The molecule has 2 heteroatoms. The van der Waals surface area contributed by atoms with E-state index in [4.69, 9.17) is 5.11 Å². The third kappa shape index (κ3) is 4.97. The van der Waals surface area contributed by atoms with Crippen molar-refractivity contribution in [1.82, 2.24) is 0 Å². The molecule has 2 nitrogen and oxygen atoms in total. The van der Waals surface area contributed by atoms with Crippen molar-refractivity contribution < 1.29 is 10.2 Å². The zero-order valence-electron chi connectivity index (χ0n) is 11.8. The van der Waals surface area contributed by atoms with Gasteiger partial charge >= 0.3 is 0 Å². The van der Waals surface area contributed by atoms with Crippen LogP contribution in [-0.4, -0.2) is 22.4 Å². The number of hydrogen-bond acceptors (Lipinski definition) is 2. The van der Waals surface area contributed by atoms with Crippen molar-refractivity contribution in [2.24, 2.45) is 17.8 Å². The molecule has 0 saturated heterocycles. The van der Waals surface area contributed by atoms with Crippen LogP contribution in [0.15, 0.2) is 0 Å². The van der Waals surface area contributed by atoms with E-state index in [1.165, 1.54) is 19.3 Å². The van der Waals surface area contributed by atoms with E-state index in [0.29, 0.717) is 18.4 Å². The van der Waals surface area contributed by atoms with Crippen LogP contribution in [0.25, 0.3) is 0 Å². The van der Waals surface area contributed by atoms with Gasteiger partial charge in [0.25, 0.3) is 0 Å². The Morgan fingerprint density at radius 2 is 1.76 bits per heavy atom. The molecular formula is C15H30O2. The molecule has 2 unspecified atom stereocenters. The van der Waals surface area contributed by atoms with E-state index in [2.05, 4.69) is 20.8 Å². The highest BCUT2D eigenvalue weighted by Crippen LogP contribution is 2.37. The molecule has 0 heterocycles. The molecule has 0 bridgehead atoms. The quantitative estimate of drug-likeness (QED) is 0.750. The van der Waals surface area contributed by atoms with Crippen molar-refractivity contribution in [2.75, 3.05) is 6.61 Å². The van der Waals surface area contributed by atoms with Crippen LogP contribution in [0.4, 0.5) is 0 Å². The zero-order valence-corrected chi connectivity index (χ0v) is 11.8. The van der Waals surface area contributed by atoms with E-state index < -0.39 is 0 Å². The average Bonchev–Trinajstić information content (AvgIpc) is 2.32. The van der Waals surface area contributed by atoms with Gasteiger partial charge in [-0.3, -0.25) is 0 Å².